The lowest BCUT2D eigenvalue weighted by Gasteiger charge is -2.23. The van der Waals surface area contributed by atoms with Gasteiger partial charge in [0, 0.05) is 19.6 Å². The fraction of sp³-hybridized carbons (Fsp3) is 0.692. The van der Waals surface area contributed by atoms with Gasteiger partial charge in [-0.3, -0.25) is 9.48 Å². The number of aromatic nitrogens is 2. The molecule has 0 aliphatic carbocycles. The van der Waals surface area contributed by atoms with Crippen molar-refractivity contribution < 1.29 is 4.79 Å². The first-order chi connectivity index (χ1) is 8.90. The molecule has 0 aromatic carbocycles. The second kappa shape index (κ2) is 6.91. The van der Waals surface area contributed by atoms with Gasteiger partial charge in [0.1, 0.15) is 5.69 Å². The van der Waals surface area contributed by atoms with Gasteiger partial charge in [0.25, 0.3) is 5.91 Å². The minimum atomic E-state index is -0.173. The highest BCUT2D eigenvalue weighted by molar-refractivity contribution is 6.34. The van der Waals surface area contributed by atoms with E-state index < -0.39 is 0 Å². The van der Waals surface area contributed by atoms with Crippen LogP contribution in [0.1, 0.15) is 37.0 Å². The molecule has 1 unspecified atom stereocenters. The van der Waals surface area contributed by atoms with Gasteiger partial charge in [0.2, 0.25) is 0 Å². The molecule has 6 heteroatoms. The van der Waals surface area contributed by atoms with E-state index in [0.717, 1.165) is 19.6 Å². The minimum absolute atomic E-state index is 0.0682. The lowest BCUT2D eigenvalue weighted by atomic mass is 10.2. The molecule has 1 aromatic heterocycles. The van der Waals surface area contributed by atoms with Crippen molar-refractivity contribution in [3.05, 3.63) is 16.4 Å². The van der Waals surface area contributed by atoms with Crippen LogP contribution < -0.4 is 5.32 Å². The summed E-state index contributed by atoms with van der Waals surface area (Å²) in [7, 11) is 1.73. The smallest absolute Gasteiger partial charge is 0.271 e. The Bertz CT molecular complexity index is 440. The van der Waals surface area contributed by atoms with Crippen molar-refractivity contribution in [2.24, 2.45) is 7.05 Å². The molecule has 1 heterocycles. The van der Waals surface area contributed by atoms with Crippen LogP contribution in [0.3, 0.4) is 0 Å². The van der Waals surface area contributed by atoms with Gasteiger partial charge in [0.15, 0.2) is 0 Å². The molecule has 0 aliphatic heterocycles. The lowest BCUT2D eigenvalue weighted by molar-refractivity contribution is 0.0921. The SMILES string of the molecule is CCN(CC)CC(C)NC(=O)c1c(Cl)c(C)nn1C. The first-order valence-corrected chi connectivity index (χ1v) is 7.00. The molecule has 0 aliphatic rings. The fourth-order valence-electron chi connectivity index (χ4n) is 2.09. The van der Waals surface area contributed by atoms with E-state index in [4.69, 9.17) is 11.6 Å². The van der Waals surface area contributed by atoms with Gasteiger partial charge in [-0.05, 0) is 26.9 Å². The number of likely N-dealkylation sites (N-methyl/N-ethyl adjacent to an activating group) is 1. The molecule has 1 rings (SSSR count). The first-order valence-electron chi connectivity index (χ1n) is 6.62. The van der Waals surface area contributed by atoms with Gasteiger partial charge in [-0.2, -0.15) is 5.10 Å². The molecule has 0 radical (unpaired) electrons. The molecule has 0 saturated carbocycles. The summed E-state index contributed by atoms with van der Waals surface area (Å²) >= 11 is 6.10. The Hall–Kier alpha value is -1.07. The van der Waals surface area contributed by atoms with Crippen molar-refractivity contribution in [1.82, 2.24) is 20.0 Å². The number of halogens is 1. The van der Waals surface area contributed by atoms with Crippen LogP contribution >= 0.6 is 11.6 Å². The van der Waals surface area contributed by atoms with Crippen LogP contribution in [0.25, 0.3) is 0 Å². The number of carbonyl (C=O) groups excluding carboxylic acids is 1. The Kier molecular flexibility index (Phi) is 5.82. The average molecular weight is 287 g/mol. The number of carbonyl (C=O) groups is 1. The summed E-state index contributed by atoms with van der Waals surface area (Å²) in [6.07, 6.45) is 0. The Morgan fingerprint density at radius 1 is 1.47 bits per heavy atom. The third-order valence-corrected chi connectivity index (χ3v) is 3.62. The average Bonchev–Trinajstić information content (AvgIpc) is 2.60. The van der Waals surface area contributed by atoms with Crippen LogP contribution in [0.15, 0.2) is 0 Å². The highest BCUT2D eigenvalue weighted by atomic mass is 35.5. The molecule has 0 fully saturated rings. The maximum absolute atomic E-state index is 12.2. The zero-order chi connectivity index (χ0) is 14.6. The predicted molar refractivity (Wildman–Crippen MR) is 77.7 cm³/mol. The number of nitrogens with zero attached hydrogens (tertiary/aromatic N) is 3. The molecule has 0 bridgehead atoms. The zero-order valence-electron chi connectivity index (χ0n) is 12.3. The second-order valence-corrected chi connectivity index (χ2v) is 5.11. The maximum Gasteiger partial charge on any atom is 0.271 e. The van der Waals surface area contributed by atoms with Crippen molar-refractivity contribution in [1.29, 1.82) is 0 Å². The van der Waals surface area contributed by atoms with Gasteiger partial charge in [-0.15, -0.1) is 0 Å². The highest BCUT2D eigenvalue weighted by Gasteiger charge is 2.20. The third-order valence-electron chi connectivity index (χ3n) is 3.17. The van der Waals surface area contributed by atoms with Crippen molar-refractivity contribution in [2.75, 3.05) is 19.6 Å². The number of hydrogen-bond acceptors (Lipinski definition) is 3. The quantitative estimate of drug-likeness (QED) is 0.868. The number of hydrogen-bond donors (Lipinski definition) is 1. The van der Waals surface area contributed by atoms with E-state index in [-0.39, 0.29) is 11.9 Å². The fourth-order valence-corrected chi connectivity index (χ4v) is 2.33. The summed E-state index contributed by atoms with van der Waals surface area (Å²) in [5.74, 6) is -0.173. The number of rotatable bonds is 6. The van der Waals surface area contributed by atoms with Crippen molar-refractivity contribution in [2.45, 2.75) is 33.7 Å². The van der Waals surface area contributed by atoms with Crippen LogP contribution in [-0.4, -0.2) is 46.3 Å². The van der Waals surface area contributed by atoms with E-state index in [9.17, 15) is 4.79 Å². The zero-order valence-corrected chi connectivity index (χ0v) is 13.1. The van der Waals surface area contributed by atoms with Crippen molar-refractivity contribution in [3.8, 4) is 0 Å². The molecule has 0 saturated heterocycles. The van der Waals surface area contributed by atoms with Crippen LogP contribution in [0.5, 0.6) is 0 Å². The van der Waals surface area contributed by atoms with Gasteiger partial charge in [0.05, 0.1) is 10.7 Å². The van der Waals surface area contributed by atoms with E-state index in [2.05, 4.69) is 29.2 Å². The van der Waals surface area contributed by atoms with Gasteiger partial charge < -0.3 is 10.2 Å². The van der Waals surface area contributed by atoms with Gasteiger partial charge >= 0.3 is 0 Å². The largest absolute Gasteiger partial charge is 0.347 e. The Labute approximate surface area is 119 Å². The molecule has 108 valence electrons. The number of nitrogens with one attached hydrogen (secondary N) is 1. The summed E-state index contributed by atoms with van der Waals surface area (Å²) < 4.78 is 1.52. The summed E-state index contributed by atoms with van der Waals surface area (Å²) in [6, 6.07) is 0.0682. The normalized spacial score (nSPS) is 12.8. The topological polar surface area (TPSA) is 50.2 Å². The Balaban J connectivity index is 2.69. The lowest BCUT2D eigenvalue weighted by Crippen LogP contribution is -2.42. The summed E-state index contributed by atoms with van der Waals surface area (Å²) in [5, 5.41) is 7.54. The molecule has 1 aromatic rings. The van der Waals surface area contributed by atoms with Crippen LogP contribution in [-0.2, 0) is 7.05 Å². The highest BCUT2D eigenvalue weighted by Crippen LogP contribution is 2.19. The first kappa shape index (κ1) is 16.0. The van der Waals surface area contributed by atoms with Crippen LogP contribution in [0.4, 0.5) is 0 Å². The molecule has 19 heavy (non-hydrogen) atoms. The van der Waals surface area contributed by atoms with Crippen molar-refractivity contribution in [3.63, 3.8) is 0 Å². The molecule has 1 N–H and O–H groups in total. The maximum atomic E-state index is 12.2. The summed E-state index contributed by atoms with van der Waals surface area (Å²) in [5.41, 5.74) is 1.09. The van der Waals surface area contributed by atoms with E-state index in [1.165, 1.54) is 4.68 Å². The molecule has 1 amide bonds. The third kappa shape index (κ3) is 3.94. The molecule has 1 atom stereocenters. The molecular weight excluding hydrogens is 264 g/mol. The van der Waals surface area contributed by atoms with Crippen LogP contribution in [0, 0.1) is 6.92 Å². The monoisotopic (exact) mass is 286 g/mol. The molecular formula is C13H23ClN4O. The minimum Gasteiger partial charge on any atom is -0.347 e. The van der Waals surface area contributed by atoms with Gasteiger partial charge in [-0.25, -0.2) is 0 Å². The van der Waals surface area contributed by atoms with E-state index in [1.807, 2.05) is 6.92 Å². The summed E-state index contributed by atoms with van der Waals surface area (Å²) in [6.45, 7) is 10.8. The Morgan fingerprint density at radius 2 is 2.05 bits per heavy atom. The Morgan fingerprint density at radius 3 is 2.47 bits per heavy atom. The summed E-state index contributed by atoms with van der Waals surface area (Å²) in [4.78, 5) is 14.5. The predicted octanol–water partition coefficient (Wildman–Crippen LogP) is 1.84. The van der Waals surface area contributed by atoms with E-state index in [0.29, 0.717) is 16.4 Å². The molecule has 5 nitrogen and oxygen atoms in total. The number of amides is 1. The van der Waals surface area contributed by atoms with E-state index >= 15 is 0 Å². The standard InChI is InChI=1S/C13H23ClN4O/c1-6-18(7-2)8-9(3)15-13(19)12-11(14)10(4)16-17(12)5/h9H,6-8H2,1-5H3,(H,15,19). The van der Waals surface area contributed by atoms with Crippen LogP contribution in [0.2, 0.25) is 5.02 Å². The van der Waals surface area contributed by atoms with Gasteiger partial charge in [-0.1, -0.05) is 25.4 Å². The molecule has 0 spiro atoms. The van der Waals surface area contributed by atoms with Crippen molar-refractivity contribution >= 4 is 17.5 Å². The van der Waals surface area contributed by atoms with E-state index in [1.54, 1.807) is 14.0 Å². The second-order valence-electron chi connectivity index (χ2n) is 4.73. The number of aryl methyl sites for hydroxylation is 2.